The zero-order chi connectivity index (χ0) is 14.1. The Kier molecular flexibility index (Phi) is 3.56. The number of fused-ring (bicyclic) bond motifs is 1. The van der Waals surface area contributed by atoms with E-state index in [1.54, 1.807) is 12.1 Å². The maximum absolute atomic E-state index is 12.3. The summed E-state index contributed by atoms with van der Waals surface area (Å²) >= 11 is 3.35. The molecule has 3 rings (SSSR count). The van der Waals surface area contributed by atoms with E-state index in [4.69, 9.17) is 0 Å². The molecule has 0 radical (unpaired) electrons. The van der Waals surface area contributed by atoms with E-state index in [-0.39, 0.29) is 11.5 Å². The third-order valence-electron chi connectivity index (χ3n) is 3.56. The molecule has 1 fully saturated rings. The lowest BCUT2D eigenvalue weighted by molar-refractivity contribution is -0.134. The number of likely N-dealkylation sites (tertiary alicyclic amines) is 1. The Labute approximate surface area is 124 Å². The molecule has 0 saturated carbocycles. The molecule has 0 atom stereocenters. The van der Waals surface area contributed by atoms with Gasteiger partial charge in [0.25, 0.3) is 5.56 Å². The molecule has 0 spiro atoms. The van der Waals surface area contributed by atoms with Gasteiger partial charge in [0.05, 0.1) is 17.2 Å². The van der Waals surface area contributed by atoms with E-state index in [0.29, 0.717) is 23.9 Å². The van der Waals surface area contributed by atoms with Crippen LogP contribution in [0.5, 0.6) is 0 Å². The number of aromatic nitrogens is 2. The Morgan fingerprint density at radius 1 is 1.35 bits per heavy atom. The summed E-state index contributed by atoms with van der Waals surface area (Å²) < 4.78 is 2.35. The molecule has 0 N–H and O–H groups in total. The van der Waals surface area contributed by atoms with Crippen LogP contribution in [-0.4, -0.2) is 33.4 Å². The minimum Gasteiger partial charge on any atom is -0.343 e. The smallest absolute Gasteiger partial charge is 0.261 e. The van der Waals surface area contributed by atoms with E-state index in [1.807, 2.05) is 11.0 Å². The minimum absolute atomic E-state index is 0.104. The zero-order valence-electron chi connectivity index (χ0n) is 10.9. The second kappa shape index (κ2) is 5.36. The van der Waals surface area contributed by atoms with Crippen molar-refractivity contribution in [2.45, 2.75) is 19.4 Å². The molecule has 104 valence electrons. The normalized spacial score (nSPS) is 14.3. The molecule has 0 bridgehead atoms. The first-order valence-electron chi connectivity index (χ1n) is 6.57. The third-order valence-corrected chi connectivity index (χ3v) is 4.05. The topological polar surface area (TPSA) is 55.2 Å². The Hall–Kier alpha value is -1.69. The van der Waals surface area contributed by atoms with E-state index in [2.05, 4.69) is 20.9 Å². The summed E-state index contributed by atoms with van der Waals surface area (Å²) in [5.74, 6) is 0.109. The number of halogens is 1. The Bertz CT molecular complexity index is 722. The molecule has 0 unspecified atom stereocenters. The summed E-state index contributed by atoms with van der Waals surface area (Å²) in [6.45, 7) is 2.07. The predicted molar refractivity (Wildman–Crippen MR) is 79.5 cm³/mol. The number of hydrogen-bond donors (Lipinski definition) is 0. The summed E-state index contributed by atoms with van der Waals surface area (Å²) in [6.07, 6.45) is 2.94. The number of rotatable bonds is 3. The van der Waals surface area contributed by atoms with Crippen molar-refractivity contribution in [3.05, 3.63) is 39.4 Å². The van der Waals surface area contributed by atoms with E-state index >= 15 is 0 Å². The van der Waals surface area contributed by atoms with Crippen molar-refractivity contribution < 1.29 is 4.79 Å². The summed E-state index contributed by atoms with van der Waals surface area (Å²) in [7, 11) is 0. The van der Waals surface area contributed by atoms with Gasteiger partial charge in [-0.05, 0) is 24.6 Å². The highest BCUT2D eigenvalue weighted by Crippen LogP contribution is 2.15. The van der Waals surface area contributed by atoms with Crippen molar-refractivity contribution >= 4 is 32.7 Å². The van der Waals surface area contributed by atoms with Crippen molar-refractivity contribution in [2.24, 2.45) is 0 Å². The number of carbonyl (C=O) groups is 1. The van der Waals surface area contributed by atoms with E-state index in [9.17, 15) is 9.59 Å². The van der Waals surface area contributed by atoms with Crippen LogP contribution in [-0.2, 0) is 11.3 Å². The SMILES string of the molecule is O=C(CCn1cnc2ccc(Br)cc2c1=O)N1CCC1. The lowest BCUT2D eigenvalue weighted by atomic mass is 10.2. The fourth-order valence-electron chi connectivity index (χ4n) is 2.23. The Balaban J connectivity index is 1.82. The predicted octanol–water partition coefficient (Wildman–Crippen LogP) is 1.78. The summed E-state index contributed by atoms with van der Waals surface area (Å²) in [5, 5.41) is 0.568. The number of aryl methyl sites for hydroxylation is 1. The molecule has 20 heavy (non-hydrogen) atoms. The van der Waals surface area contributed by atoms with Crippen molar-refractivity contribution in [3.63, 3.8) is 0 Å². The van der Waals surface area contributed by atoms with Crippen molar-refractivity contribution in [1.29, 1.82) is 0 Å². The van der Waals surface area contributed by atoms with Gasteiger partial charge in [-0.3, -0.25) is 14.2 Å². The Morgan fingerprint density at radius 3 is 2.85 bits per heavy atom. The van der Waals surface area contributed by atoms with Crippen LogP contribution >= 0.6 is 15.9 Å². The maximum atomic E-state index is 12.3. The minimum atomic E-state index is -0.104. The van der Waals surface area contributed by atoms with Gasteiger partial charge in [-0.25, -0.2) is 4.98 Å². The third kappa shape index (κ3) is 2.47. The van der Waals surface area contributed by atoms with Gasteiger partial charge in [-0.2, -0.15) is 0 Å². The van der Waals surface area contributed by atoms with Crippen LogP contribution in [0.25, 0.3) is 10.9 Å². The molecular weight excluding hydrogens is 322 g/mol. The van der Waals surface area contributed by atoms with Gasteiger partial charge in [0.15, 0.2) is 0 Å². The van der Waals surface area contributed by atoms with E-state index in [1.165, 1.54) is 10.9 Å². The van der Waals surface area contributed by atoms with Crippen LogP contribution in [0.4, 0.5) is 0 Å². The van der Waals surface area contributed by atoms with Gasteiger partial charge < -0.3 is 4.90 Å². The van der Waals surface area contributed by atoms with Crippen LogP contribution in [0.15, 0.2) is 33.8 Å². The second-order valence-electron chi connectivity index (χ2n) is 4.89. The molecule has 6 heteroatoms. The van der Waals surface area contributed by atoms with Crippen LogP contribution in [0.3, 0.4) is 0 Å². The van der Waals surface area contributed by atoms with Crippen LogP contribution in [0, 0.1) is 0 Å². The molecule has 2 aromatic rings. The molecule has 2 heterocycles. The first kappa shape index (κ1) is 13.3. The molecule has 1 aliphatic heterocycles. The van der Waals surface area contributed by atoms with Crippen molar-refractivity contribution in [2.75, 3.05) is 13.1 Å². The highest BCUT2D eigenvalue weighted by molar-refractivity contribution is 9.10. The average molecular weight is 336 g/mol. The van der Waals surface area contributed by atoms with Crippen LogP contribution in [0.2, 0.25) is 0 Å². The standard InChI is InChI=1S/C14H14BrN3O2/c15-10-2-3-12-11(8-10)14(20)18(9-16-12)7-4-13(19)17-5-1-6-17/h2-3,8-9H,1,4-7H2. The number of amides is 1. The molecule has 1 aliphatic rings. The largest absolute Gasteiger partial charge is 0.343 e. The fraction of sp³-hybridized carbons (Fsp3) is 0.357. The van der Waals surface area contributed by atoms with E-state index < -0.39 is 0 Å². The average Bonchev–Trinajstić information content (AvgIpc) is 2.36. The molecular formula is C14H14BrN3O2. The lowest BCUT2D eigenvalue weighted by Crippen LogP contribution is -2.42. The van der Waals surface area contributed by atoms with Gasteiger partial charge in [0.2, 0.25) is 5.91 Å². The number of carbonyl (C=O) groups excluding carboxylic acids is 1. The number of nitrogens with zero attached hydrogens (tertiary/aromatic N) is 3. The fourth-order valence-corrected chi connectivity index (χ4v) is 2.59. The highest BCUT2D eigenvalue weighted by atomic mass is 79.9. The summed E-state index contributed by atoms with van der Waals surface area (Å²) in [4.78, 5) is 30.2. The van der Waals surface area contributed by atoms with Crippen molar-refractivity contribution in [3.8, 4) is 0 Å². The van der Waals surface area contributed by atoms with Gasteiger partial charge in [-0.1, -0.05) is 15.9 Å². The maximum Gasteiger partial charge on any atom is 0.261 e. The van der Waals surface area contributed by atoms with Crippen molar-refractivity contribution in [1.82, 2.24) is 14.5 Å². The lowest BCUT2D eigenvalue weighted by Gasteiger charge is -2.30. The molecule has 1 aromatic heterocycles. The van der Waals surface area contributed by atoms with Gasteiger partial charge in [-0.15, -0.1) is 0 Å². The van der Waals surface area contributed by atoms with Gasteiger partial charge in [0.1, 0.15) is 0 Å². The first-order chi connectivity index (χ1) is 9.65. The van der Waals surface area contributed by atoms with E-state index in [0.717, 1.165) is 24.0 Å². The number of hydrogen-bond acceptors (Lipinski definition) is 3. The summed E-state index contributed by atoms with van der Waals surface area (Å²) in [5.41, 5.74) is 0.566. The molecule has 1 saturated heterocycles. The highest BCUT2D eigenvalue weighted by Gasteiger charge is 2.19. The first-order valence-corrected chi connectivity index (χ1v) is 7.37. The zero-order valence-corrected chi connectivity index (χ0v) is 12.5. The quantitative estimate of drug-likeness (QED) is 0.859. The monoisotopic (exact) mass is 335 g/mol. The second-order valence-corrected chi connectivity index (χ2v) is 5.80. The molecule has 1 aromatic carbocycles. The summed E-state index contributed by atoms with van der Waals surface area (Å²) in [6, 6.07) is 5.42. The van der Waals surface area contributed by atoms with Crippen LogP contribution < -0.4 is 5.56 Å². The number of benzene rings is 1. The molecule has 1 amide bonds. The molecule has 5 nitrogen and oxygen atoms in total. The molecule has 0 aliphatic carbocycles. The Morgan fingerprint density at radius 2 is 2.15 bits per heavy atom. The van der Waals surface area contributed by atoms with Gasteiger partial charge in [0, 0.05) is 30.5 Å². The van der Waals surface area contributed by atoms with Gasteiger partial charge >= 0.3 is 0 Å². The van der Waals surface area contributed by atoms with Crippen LogP contribution in [0.1, 0.15) is 12.8 Å².